The molecule has 2 rings (SSSR count). The van der Waals surface area contributed by atoms with Gasteiger partial charge in [0, 0.05) is 17.7 Å². The minimum absolute atomic E-state index is 0.0773. The fourth-order valence-corrected chi connectivity index (χ4v) is 1.76. The summed E-state index contributed by atoms with van der Waals surface area (Å²) in [7, 11) is 1.90. The van der Waals surface area contributed by atoms with Gasteiger partial charge in [0.25, 0.3) is 5.91 Å². The number of rotatable bonds is 5. The molecule has 0 unspecified atom stereocenters. The van der Waals surface area contributed by atoms with Gasteiger partial charge in [-0.2, -0.15) is 5.10 Å². The van der Waals surface area contributed by atoms with Gasteiger partial charge in [-0.25, -0.2) is 5.43 Å². The zero-order valence-electron chi connectivity index (χ0n) is 10.9. The molecule has 0 radical (unpaired) electrons. The van der Waals surface area contributed by atoms with Gasteiger partial charge in [0.05, 0.1) is 11.9 Å². The molecule has 0 bridgehead atoms. The lowest BCUT2D eigenvalue weighted by Crippen LogP contribution is -2.24. The van der Waals surface area contributed by atoms with Crippen LogP contribution < -0.4 is 10.2 Å². The zero-order valence-corrected chi connectivity index (χ0v) is 12.5. The molecule has 5 nitrogen and oxygen atoms in total. The molecule has 1 amide bonds. The van der Waals surface area contributed by atoms with Gasteiger partial charge in [0.15, 0.2) is 6.61 Å². The van der Waals surface area contributed by atoms with Crippen LogP contribution in [0.2, 0.25) is 0 Å². The first kappa shape index (κ1) is 14.3. The van der Waals surface area contributed by atoms with E-state index in [1.54, 1.807) is 18.3 Å². The van der Waals surface area contributed by atoms with Crippen molar-refractivity contribution in [2.75, 3.05) is 6.61 Å². The molecule has 0 atom stereocenters. The molecule has 0 spiro atoms. The minimum atomic E-state index is -0.307. The monoisotopic (exact) mass is 335 g/mol. The van der Waals surface area contributed by atoms with Crippen molar-refractivity contribution >= 4 is 28.1 Å². The largest absolute Gasteiger partial charge is 0.484 e. The van der Waals surface area contributed by atoms with E-state index >= 15 is 0 Å². The maximum Gasteiger partial charge on any atom is 0.277 e. The Balaban J connectivity index is 1.77. The molecule has 1 N–H and O–H groups in total. The van der Waals surface area contributed by atoms with Crippen molar-refractivity contribution in [2.45, 2.75) is 0 Å². The van der Waals surface area contributed by atoms with Gasteiger partial charge in [0.2, 0.25) is 0 Å². The smallest absolute Gasteiger partial charge is 0.277 e. The summed E-state index contributed by atoms with van der Waals surface area (Å²) in [6.07, 6.45) is 3.48. The van der Waals surface area contributed by atoms with Crippen LogP contribution in [0, 0.1) is 0 Å². The van der Waals surface area contributed by atoms with E-state index in [-0.39, 0.29) is 12.5 Å². The van der Waals surface area contributed by atoms with Crippen LogP contribution in [-0.4, -0.2) is 23.3 Å². The van der Waals surface area contributed by atoms with Crippen molar-refractivity contribution in [1.82, 2.24) is 9.99 Å². The second-order valence-corrected chi connectivity index (χ2v) is 5.00. The summed E-state index contributed by atoms with van der Waals surface area (Å²) in [5.74, 6) is 0.327. The van der Waals surface area contributed by atoms with E-state index in [2.05, 4.69) is 26.5 Å². The highest BCUT2D eigenvalue weighted by Crippen LogP contribution is 2.15. The molecule has 0 aliphatic rings. The summed E-state index contributed by atoms with van der Waals surface area (Å²) in [6, 6.07) is 11.1. The van der Waals surface area contributed by atoms with Crippen molar-refractivity contribution in [3.05, 3.63) is 52.8 Å². The Bertz CT molecular complexity index is 605. The molecule has 104 valence electrons. The normalized spacial score (nSPS) is 10.7. The van der Waals surface area contributed by atoms with Crippen LogP contribution in [0.4, 0.5) is 0 Å². The number of hydrogen-bond acceptors (Lipinski definition) is 3. The first-order chi connectivity index (χ1) is 9.65. The molecule has 1 aromatic carbocycles. The second-order valence-electron chi connectivity index (χ2n) is 4.08. The molecule has 2 aromatic rings. The van der Waals surface area contributed by atoms with E-state index in [1.807, 2.05) is 42.1 Å². The highest BCUT2D eigenvalue weighted by molar-refractivity contribution is 9.10. The third-order valence-electron chi connectivity index (χ3n) is 2.55. The van der Waals surface area contributed by atoms with Crippen LogP contribution in [0.5, 0.6) is 5.75 Å². The third-order valence-corrected chi connectivity index (χ3v) is 3.08. The van der Waals surface area contributed by atoms with Gasteiger partial charge in [-0.15, -0.1) is 0 Å². The number of nitrogens with one attached hydrogen (secondary N) is 1. The average molecular weight is 336 g/mol. The fourth-order valence-electron chi connectivity index (χ4n) is 1.49. The number of hydrogen-bond donors (Lipinski definition) is 1. The quantitative estimate of drug-likeness (QED) is 0.673. The molecule has 0 aliphatic carbocycles. The molecular weight excluding hydrogens is 322 g/mol. The van der Waals surface area contributed by atoms with Crippen molar-refractivity contribution in [1.29, 1.82) is 0 Å². The molecule has 0 saturated carbocycles. The lowest BCUT2D eigenvalue weighted by Gasteiger charge is -2.04. The Labute approximate surface area is 125 Å². The molecule has 0 fully saturated rings. The van der Waals surface area contributed by atoms with Crippen LogP contribution >= 0.6 is 15.9 Å². The lowest BCUT2D eigenvalue weighted by molar-refractivity contribution is -0.123. The van der Waals surface area contributed by atoms with Gasteiger partial charge >= 0.3 is 0 Å². The summed E-state index contributed by atoms with van der Waals surface area (Å²) in [5, 5.41) is 3.87. The van der Waals surface area contributed by atoms with Crippen LogP contribution in [0.3, 0.4) is 0 Å². The van der Waals surface area contributed by atoms with E-state index in [0.717, 1.165) is 10.2 Å². The number of aromatic nitrogens is 1. The van der Waals surface area contributed by atoms with Crippen molar-refractivity contribution in [3.8, 4) is 5.75 Å². The Morgan fingerprint density at radius 3 is 2.80 bits per heavy atom. The van der Waals surface area contributed by atoms with Gasteiger partial charge in [0.1, 0.15) is 5.75 Å². The highest BCUT2D eigenvalue weighted by Gasteiger charge is 2.01. The summed E-state index contributed by atoms with van der Waals surface area (Å²) in [4.78, 5) is 11.5. The molecule has 1 heterocycles. The van der Waals surface area contributed by atoms with Crippen LogP contribution in [0.25, 0.3) is 0 Å². The molecule has 6 heteroatoms. The Morgan fingerprint density at radius 1 is 1.40 bits per heavy atom. The molecule has 1 aromatic heterocycles. The minimum Gasteiger partial charge on any atom is -0.484 e. The third kappa shape index (κ3) is 4.24. The topological polar surface area (TPSA) is 55.6 Å². The van der Waals surface area contributed by atoms with E-state index in [0.29, 0.717) is 5.75 Å². The zero-order chi connectivity index (χ0) is 14.4. The molecule has 0 saturated heterocycles. The molecule has 20 heavy (non-hydrogen) atoms. The second kappa shape index (κ2) is 6.91. The number of aryl methyl sites for hydroxylation is 1. The number of halogens is 1. The van der Waals surface area contributed by atoms with E-state index in [1.165, 1.54) is 0 Å². The summed E-state index contributed by atoms with van der Waals surface area (Å²) in [6.45, 7) is -0.0773. The van der Waals surface area contributed by atoms with Crippen LogP contribution in [-0.2, 0) is 11.8 Å². The Kier molecular flexibility index (Phi) is 4.95. The van der Waals surface area contributed by atoms with Gasteiger partial charge in [-0.1, -0.05) is 15.9 Å². The maximum absolute atomic E-state index is 11.5. The van der Waals surface area contributed by atoms with Crippen molar-refractivity contribution < 1.29 is 9.53 Å². The standard InChI is InChI=1S/C14H14BrN3O2/c1-18-8-2-3-12(18)9-16-17-14(19)10-20-13-6-4-11(15)5-7-13/h2-9H,10H2,1H3,(H,17,19)/b16-9-. The number of benzene rings is 1. The predicted octanol–water partition coefficient (Wildman–Crippen LogP) is 2.32. The van der Waals surface area contributed by atoms with E-state index in [4.69, 9.17) is 4.74 Å². The summed E-state index contributed by atoms with van der Waals surface area (Å²) >= 11 is 3.33. The predicted molar refractivity (Wildman–Crippen MR) is 80.8 cm³/mol. The Morgan fingerprint density at radius 2 is 2.15 bits per heavy atom. The number of carbonyl (C=O) groups excluding carboxylic acids is 1. The lowest BCUT2D eigenvalue weighted by atomic mass is 10.3. The number of carbonyl (C=O) groups is 1. The van der Waals surface area contributed by atoms with Gasteiger partial charge in [-0.05, 0) is 36.4 Å². The van der Waals surface area contributed by atoms with Gasteiger partial charge < -0.3 is 9.30 Å². The number of ether oxygens (including phenoxy) is 1. The molecule has 0 aliphatic heterocycles. The SMILES string of the molecule is Cn1cccc1/C=N\NC(=O)COc1ccc(Br)cc1. The Hall–Kier alpha value is -2.08. The van der Waals surface area contributed by atoms with Crippen molar-refractivity contribution in [3.63, 3.8) is 0 Å². The van der Waals surface area contributed by atoms with Gasteiger partial charge in [-0.3, -0.25) is 4.79 Å². The van der Waals surface area contributed by atoms with Crippen molar-refractivity contribution in [2.24, 2.45) is 12.1 Å². The molecular formula is C14H14BrN3O2. The first-order valence-electron chi connectivity index (χ1n) is 5.97. The summed E-state index contributed by atoms with van der Waals surface area (Å²) < 4.78 is 8.18. The van der Waals surface area contributed by atoms with Crippen LogP contribution in [0.15, 0.2) is 52.2 Å². The number of hydrazone groups is 1. The van der Waals surface area contributed by atoms with E-state index < -0.39 is 0 Å². The van der Waals surface area contributed by atoms with Crippen LogP contribution in [0.1, 0.15) is 5.69 Å². The maximum atomic E-state index is 11.5. The number of amides is 1. The fraction of sp³-hybridized carbons (Fsp3) is 0.143. The highest BCUT2D eigenvalue weighted by atomic mass is 79.9. The van der Waals surface area contributed by atoms with E-state index in [9.17, 15) is 4.79 Å². The average Bonchev–Trinajstić information content (AvgIpc) is 2.84. The number of nitrogens with zero attached hydrogens (tertiary/aromatic N) is 2. The summed E-state index contributed by atoms with van der Waals surface area (Å²) in [5.41, 5.74) is 3.31. The first-order valence-corrected chi connectivity index (χ1v) is 6.76.